The van der Waals surface area contributed by atoms with Gasteiger partial charge in [0.2, 0.25) is 0 Å². The Bertz CT molecular complexity index is 436. The lowest BCUT2D eigenvalue weighted by atomic mass is 11.5. The van der Waals surface area contributed by atoms with E-state index in [2.05, 4.69) is 8.37 Å². The van der Waals surface area contributed by atoms with Gasteiger partial charge in [0.1, 0.15) is 0 Å². The predicted molar refractivity (Wildman–Crippen MR) is 33.4 cm³/mol. The predicted octanol–water partition coefficient (Wildman–Crippen LogP) is -0.788. The molecule has 12 heavy (non-hydrogen) atoms. The van der Waals surface area contributed by atoms with E-state index in [-0.39, 0.29) is 0 Å². The molecule has 1 N–H and O–H groups in total. The molecule has 0 fully saturated rings. The van der Waals surface area contributed by atoms with Gasteiger partial charge in [-0.1, -0.05) is 0 Å². The normalized spacial score (nSPS) is 33.8. The van der Waals surface area contributed by atoms with Gasteiger partial charge in [-0.05, 0) is 0 Å². The van der Waals surface area contributed by atoms with Crippen molar-refractivity contribution in [3.05, 3.63) is 0 Å². The van der Waals surface area contributed by atoms with Crippen molar-refractivity contribution in [1.82, 2.24) is 0 Å². The van der Waals surface area contributed by atoms with E-state index < -0.39 is 30.8 Å². The van der Waals surface area contributed by atoms with Crippen molar-refractivity contribution in [3.63, 3.8) is 0 Å². The molecule has 0 aromatic rings. The zero-order valence-electron chi connectivity index (χ0n) is 5.09. The van der Waals surface area contributed by atoms with E-state index in [4.69, 9.17) is 4.55 Å². The van der Waals surface area contributed by atoms with Crippen molar-refractivity contribution >= 4 is 30.8 Å². The summed E-state index contributed by atoms with van der Waals surface area (Å²) in [7, 11) is -9.95. The quantitative estimate of drug-likeness (QED) is 0.324. The van der Waals surface area contributed by atoms with E-state index in [0.29, 0.717) is 0 Å². The topological polar surface area (TPSA) is 107 Å². The first-order chi connectivity index (χ1) is 5.26. The number of halogens is 1. The van der Waals surface area contributed by atoms with Gasteiger partial charge in [0.25, 0.3) is 0 Å². The van der Waals surface area contributed by atoms with Crippen LogP contribution in [0.5, 0.6) is 0 Å². The fourth-order valence-corrected chi connectivity index (χ4v) is 2.23. The number of rotatable bonds is 0. The minimum atomic E-state index is -5.07. The highest BCUT2D eigenvalue weighted by Gasteiger charge is 2.40. The summed E-state index contributed by atoms with van der Waals surface area (Å²) < 4.78 is 56.0. The molecule has 10 heteroatoms. The molecule has 7 nitrogen and oxygen atoms in total. The first kappa shape index (κ1) is 9.22. The molecule has 1 unspecified atom stereocenters. The van der Waals surface area contributed by atoms with E-state index in [0.717, 1.165) is 0 Å². The third kappa shape index (κ3) is 1.35. The molecular weight excluding hydrogens is 219 g/mol. The summed E-state index contributed by atoms with van der Waals surface area (Å²) in [6, 6.07) is 0. The molecule has 1 rings (SSSR count). The maximum absolute atomic E-state index is 12.3. The number of hydrogen-bond acceptors (Lipinski definition) is 6. The van der Waals surface area contributed by atoms with Crippen LogP contribution in [0.15, 0.2) is 0 Å². The summed E-state index contributed by atoms with van der Waals surface area (Å²) in [6.45, 7) is 0. The van der Waals surface area contributed by atoms with Crippen LogP contribution in [0.25, 0.3) is 0 Å². The summed E-state index contributed by atoms with van der Waals surface area (Å²) in [5, 5.41) is 0. The Labute approximate surface area is 66.2 Å². The molecule has 1 aliphatic heterocycles. The molecule has 70 valence electrons. The average Bonchev–Trinajstić information content (AvgIpc) is 1.80. The summed E-state index contributed by atoms with van der Waals surface area (Å²) >= 11 is 0. The molecular formula is C2HFO7S2. The van der Waals surface area contributed by atoms with Crippen molar-refractivity contribution in [3.8, 4) is 0 Å². The van der Waals surface area contributed by atoms with Gasteiger partial charge in [0, 0.05) is 0 Å². The third-order valence-electron chi connectivity index (χ3n) is 0.758. The Kier molecular flexibility index (Phi) is 1.77. The summed E-state index contributed by atoms with van der Waals surface area (Å²) in [5.74, 6) is 0. The van der Waals surface area contributed by atoms with E-state index in [1.165, 1.54) is 0 Å². The zero-order valence-corrected chi connectivity index (χ0v) is 6.72. The lowest BCUT2D eigenvalue weighted by Gasteiger charge is -2.11. The van der Waals surface area contributed by atoms with E-state index in [1.807, 2.05) is 0 Å². The van der Waals surface area contributed by atoms with Crippen molar-refractivity contribution in [2.45, 2.75) is 0 Å². The molecule has 0 aromatic heterocycles. The minimum Gasteiger partial charge on any atom is -0.316 e. The fraction of sp³-hybridized carbons (Fsp3) is 0. The molecule has 1 heterocycles. The van der Waals surface area contributed by atoms with Crippen molar-refractivity contribution < 1.29 is 34.7 Å². The zero-order chi connectivity index (χ0) is 9.57. The lowest BCUT2D eigenvalue weighted by Crippen LogP contribution is -2.33. The molecule has 0 saturated carbocycles. The molecule has 1 atom stereocenters. The van der Waals surface area contributed by atoms with Gasteiger partial charge < -0.3 is 8.37 Å². The van der Waals surface area contributed by atoms with Gasteiger partial charge in [-0.15, -0.1) is 0 Å². The van der Waals surface area contributed by atoms with Crippen molar-refractivity contribution in [2.24, 2.45) is 0 Å². The maximum Gasteiger partial charge on any atom is 0.540 e. The Hall–Kier alpha value is -0.870. The van der Waals surface area contributed by atoms with Gasteiger partial charge in [-0.25, -0.2) is 4.79 Å². The van der Waals surface area contributed by atoms with E-state index >= 15 is 0 Å². The Morgan fingerprint density at radius 1 is 1.25 bits per heavy atom. The van der Waals surface area contributed by atoms with Crippen molar-refractivity contribution in [1.29, 1.82) is 0 Å². The Morgan fingerprint density at radius 2 is 1.75 bits per heavy atom. The second-order valence-electron chi connectivity index (χ2n) is 1.58. The highest BCUT2D eigenvalue weighted by molar-refractivity contribution is 8.18. The monoisotopic (exact) mass is 220 g/mol. The minimum absolute atomic E-state index is 1.94. The van der Waals surface area contributed by atoms with Gasteiger partial charge in [-0.3, -0.25) is 4.55 Å². The van der Waals surface area contributed by atoms with Gasteiger partial charge >= 0.3 is 30.8 Å². The highest BCUT2D eigenvalue weighted by atomic mass is 32.3. The Balaban J connectivity index is 3.54. The van der Waals surface area contributed by atoms with Gasteiger partial charge in [-0.2, -0.15) is 17.0 Å². The summed E-state index contributed by atoms with van der Waals surface area (Å²) in [4.78, 5) is 10.1. The van der Waals surface area contributed by atoms with Crippen LogP contribution in [0.4, 0.5) is 9.18 Å². The van der Waals surface area contributed by atoms with Gasteiger partial charge in [0.15, 0.2) is 0 Å². The average molecular weight is 220 g/mol. The Morgan fingerprint density at radius 3 is 2.17 bits per heavy atom. The number of hydrogen-bond donors (Lipinski definition) is 1. The van der Waals surface area contributed by atoms with Crippen LogP contribution in [0.3, 0.4) is 0 Å². The SMILES string of the molecule is O=C1OS(=O)(=O)C(F)=S(=O)(O)O1. The lowest BCUT2D eigenvalue weighted by molar-refractivity contribution is 0.154. The standard InChI is InChI=1S/C2HFO7S2/c3-1-11(5,6)9-2(4)10-12(1,7)8/h(H,5,6). The van der Waals surface area contributed by atoms with Crippen LogP contribution >= 0.6 is 0 Å². The molecule has 1 aliphatic rings. The second kappa shape index (κ2) is 2.31. The fourth-order valence-electron chi connectivity index (χ4n) is 0.390. The number of carbonyl (C=O) groups excluding carboxylic acids is 1. The second-order valence-corrected chi connectivity index (χ2v) is 4.75. The van der Waals surface area contributed by atoms with E-state index in [1.54, 1.807) is 0 Å². The molecule has 0 amide bonds. The van der Waals surface area contributed by atoms with Crippen LogP contribution in [0.2, 0.25) is 0 Å². The third-order valence-corrected chi connectivity index (χ3v) is 3.52. The summed E-state index contributed by atoms with van der Waals surface area (Å²) in [5.41, 5.74) is 0. The van der Waals surface area contributed by atoms with Crippen LogP contribution in [0.1, 0.15) is 0 Å². The largest absolute Gasteiger partial charge is 0.540 e. The first-order valence-electron chi connectivity index (χ1n) is 2.23. The van der Waals surface area contributed by atoms with Crippen LogP contribution in [-0.2, 0) is 28.6 Å². The smallest absolute Gasteiger partial charge is 0.316 e. The molecule has 0 radical (unpaired) electrons. The van der Waals surface area contributed by atoms with Gasteiger partial charge in [0.05, 0.1) is 0 Å². The summed E-state index contributed by atoms with van der Waals surface area (Å²) in [6.07, 6.45) is -1.94. The first-order valence-corrected chi connectivity index (χ1v) is 5.07. The molecule has 0 spiro atoms. The van der Waals surface area contributed by atoms with Crippen LogP contribution < -0.4 is 0 Å². The number of carbonyl (C=O) groups is 1. The molecule has 0 saturated heterocycles. The molecule has 0 aromatic carbocycles. The van der Waals surface area contributed by atoms with Crippen LogP contribution in [-0.4, -0.2) is 27.8 Å². The van der Waals surface area contributed by atoms with Crippen molar-refractivity contribution in [2.75, 3.05) is 0 Å². The maximum atomic E-state index is 12.3. The molecule has 0 aliphatic carbocycles. The molecule has 0 bridgehead atoms. The van der Waals surface area contributed by atoms with E-state index in [9.17, 15) is 21.8 Å². The van der Waals surface area contributed by atoms with Crippen LogP contribution in [0, 0.1) is 0 Å². The highest BCUT2D eigenvalue weighted by Crippen LogP contribution is 2.13.